The zero-order valence-corrected chi connectivity index (χ0v) is 20.1. The Bertz CT molecular complexity index is 688. The molecule has 0 bridgehead atoms. The van der Waals surface area contributed by atoms with Crippen LogP contribution in [0.25, 0.3) is 0 Å². The van der Waals surface area contributed by atoms with Crippen LogP contribution in [-0.2, 0) is 0 Å². The summed E-state index contributed by atoms with van der Waals surface area (Å²) >= 11 is 0. The van der Waals surface area contributed by atoms with Crippen LogP contribution in [0.2, 0.25) is 0 Å². The van der Waals surface area contributed by atoms with E-state index >= 15 is 0 Å². The number of hydrogen-bond donors (Lipinski definition) is 0. The smallest absolute Gasteiger partial charge is 0.119 e. The van der Waals surface area contributed by atoms with Gasteiger partial charge in [-0.3, -0.25) is 0 Å². The number of allylic oxidation sites excluding steroid dienone is 2. The highest BCUT2D eigenvalue weighted by Crippen LogP contribution is 2.36. The molecule has 1 aromatic carbocycles. The molecular formula is C30H44O. The van der Waals surface area contributed by atoms with Gasteiger partial charge in [-0.15, -0.1) is 0 Å². The molecular weight excluding hydrogens is 376 g/mol. The Morgan fingerprint density at radius 1 is 0.871 bits per heavy atom. The summed E-state index contributed by atoms with van der Waals surface area (Å²) in [6, 6.07) is 8.88. The molecule has 0 aromatic heterocycles. The zero-order valence-electron chi connectivity index (χ0n) is 20.1. The highest BCUT2D eigenvalue weighted by molar-refractivity contribution is 5.30. The largest absolute Gasteiger partial charge is 0.494 e. The van der Waals surface area contributed by atoms with Gasteiger partial charge in [0.25, 0.3) is 0 Å². The maximum absolute atomic E-state index is 5.86. The Morgan fingerprint density at radius 3 is 2.29 bits per heavy atom. The minimum Gasteiger partial charge on any atom is -0.494 e. The molecule has 0 spiro atoms. The lowest BCUT2D eigenvalue weighted by molar-refractivity contribution is 0.294. The SMILES string of the molecule is CCCCCOc1ccc(C2CCC(C#CC=CC3CCC(CCC)CC3)CC2)cc1. The first-order valence-corrected chi connectivity index (χ1v) is 13.2. The van der Waals surface area contributed by atoms with Crippen LogP contribution in [0.15, 0.2) is 36.4 Å². The predicted molar refractivity (Wildman–Crippen MR) is 133 cm³/mol. The van der Waals surface area contributed by atoms with Crippen molar-refractivity contribution in [2.45, 2.75) is 103 Å². The topological polar surface area (TPSA) is 9.23 Å². The van der Waals surface area contributed by atoms with E-state index in [4.69, 9.17) is 4.74 Å². The highest BCUT2D eigenvalue weighted by Gasteiger charge is 2.21. The number of hydrogen-bond acceptors (Lipinski definition) is 1. The molecule has 170 valence electrons. The van der Waals surface area contributed by atoms with Gasteiger partial charge in [-0.05, 0) is 99.3 Å². The van der Waals surface area contributed by atoms with Gasteiger partial charge in [-0.25, -0.2) is 0 Å². The first-order valence-electron chi connectivity index (χ1n) is 13.2. The summed E-state index contributed by atoms with van der Waals surface area (Å²) in [5.74, 6) is 11.0. The molecule has 2 fully saturated rings. The van der Waals surface area contributed by atoms with E-state index in [9.17, 15) is 0 Å². The van der Waals surface area contributed by atoms with Crippen molar-refractivity contribution >= 4 is 0 Å². The lowest BCUT2D eigenvalue weighted by Gasteiger charge is -2.26. The van der Waals surface area contributed by atoms with Crippen molar-refractivity contribution in [1.82, 2.24) is 0 Å². The Labute approximate surface area is 192 Å². The van der Waals surface area contributed by atoms with Crippen LogP contribution < -0.4 is 4.74 Å². The Balaban J connectivity index is 1.35. The van der Waals surface area contributed by atoms with Crippen LogP contribution in [-0.4, -0.2) is 6.61 Å². The molecule has 2 aliphatic rings. The van der Waals surface area contributed by atoms with Gasteiger partial charge in [0, 0.05) is 5.92 Å². The van der Waals surface area contributed by atoms with Crippen molar-refractivity contribution in [2.75, 3.05) is 6.61 Å². The Morgan fingerprint density at radius 2 is 1.61 bits per heavy atom. The van der Waals surface area contributed by atoms with E-state index in [1.54, 1.807) is 0 Å². The molecule has 0 N–H and O–H groups in total. The molecule has 0 amide bonds. The standard InChI is InChI=1S/C30H44O/c1-3-5-8-24-31-30-22-20-29(21-23-30)28-18-16-27(17-19-28)11-7-6-10-26-14-12-25(9-4-2)13-15-26/h6,10,20-23,25-28H,3-5,8-9,12-19,24H2,1-2H3. The van der Waals surface area contributed by atoms with Crippen LogP contribution in [0.1, 0.15) is 109 Å². The van der Waals surface area contributed by atoms with Crippen LogP contribution in [0.4, 0.5) is 0 Å². The molecule has 0 unspecified atom stereocenters. The van der Waals surface area contributed by atoms with Crippen LogP contribution >= 0.6 is 0 Å². The second-order valence-corrected chi connectivity index (χ2v) is 9.89. The minimum absolute atomic E-state index is 0.586. The van der Waals surface area contributed by atoms with E-state index in [0.717, 1.165) is 30.6 Å². The fourth-order valence-electron chi connectivity index (χ4n) is 5.38. The normalized spacial score (nSPS) is 26.4. The molecule has 0 saturated heterocycles. The maximum Gasteiger partial charge on any atom is 0.119 e. The average Bonchev–Trinajstić information content (AvgIpc) is 2.82. The van der Waals surface area contributed by atoms with Crippen LogP contribution in [0.5, 0.6) is 5.75 Å². The fourth-order valence-corrected chi connectivity index (χ4v) is 5.38. The molecule has 1 aromatic rings. The van der Waals surface area contributed by atoms with Crippen molar-refractivity contribution in [3.8, 4) is 17.6 Å². The number of unbranched alkanes of at least 4 members (excludes halogenated alkanes) is 2. The third-order valence-corrected chi connectivity index (χ3v) is 7.42. The van der Waals surface area contributed by atoms with Crippen LogP contribution in [0.3, 0.4) is 0 Å². The minimum atomic E-state index is 0.586. The first-order chi connectivity index (χ1) is 15.3. The third kappa shape index (κ3) is 8.40. The monoisotopic (exact) mass is 420 g/mol. The van der Waals surface area contributed by atoms with E-state index in [2.05, 4.69) is 62.1 Å². The summed E-state index contributed by atoms with van der Waals surface area (Å²) in [7, 11) is 0. The lowest BCUT2D eigenvalue weighted by atomic mass is 9.79. The molecule has 3 rings (SSSR count). The molecule has 2 aliphatic carbocycles. The van der Waals surface area contributed by atoms with Crippen molar-refractivity contribution in [2.24, 2.45) is 17.8 Å². The number of benzene rings is 1. The summed E-state index contributed by atoms with van der Waals surface area (Å²) in [4.78, 5) is 0. The van der Waals surface area contributed by atoms with Gasteiger partial charge >= 0.3 is 0 Å². The van der Waals surface area contributed by atoms with Gasteiger partial charge in [0.05, 0.1) is 6.61 Å². The van der Waals surface area contributed by atoms with Gasteiger partial charge in [-0.2, -0.15) is 0 Å². The second kappa shape index (κ2) is 13.7. The summed E-state index contributed by atoms with van der Waals surface area (Å²) in [6.45, 7) is 5.38. The predicted octanol–water partition coefficient (Wildman–Crippen LogP) is 8.70. The van der Waals surface area contributed by atoms with Crippen molar-refractivity contribution in [3.63, 3.8) is 0 Å². The molecule has 0 aliphatic heterocycles. The summed E-state index contributed by atoms with van der Waals surface area (Å²) in [6.07, 6.45) is 21.6. The maximum atomic E-state index is 5.86. The second-order valence-electron chi connectivity index (χ2n) is 9.89. The van der Waals surface area contributed by atoms with Crippen LogP contribution in [0, 0.1) is 29.6 Å². The Kier molecular flexibility index (Phi) is 10.6. The average molecular weight is 421 g/mol. The van der Waals surface area contributed by atoms with Gasteiger partial charge in [-0.1, -0.05) is 69.6 Å². The van der Waals surface area contributed by atoms with E-state index in [-0.39, 0.29) is 0 Å². The van der Waals surface area contributed by atoms with E-state index in [1.165, 1.54) is 82.6 Å². The molecule has 1 heteroatoms. The van der Waals surface area contributed by atoms with E-state index in [1.807, 2.05) is 0 Å². The van der Waals surface area contributed by atoms with E-state index < -0.39 is 0 Å². The molecule has 31 heavy (non-hydrogen) atoms. The van der Waals surface area contributed by atoms with Gasteiger partial charge < -0.3 is 4.74 Å². The van der Waals surface area contributed by atoms with Crippen molar-refractivity contribution in [1.29, 1.82) is 0 Å². The van der Waals surface area contributed by atoms with Gasteiger partial charge in [0.1, 0.15) is 5.75 Å². The molecule has 1 nitrogen and oxygen atoms in total. The van der Waals surface area contributed by atoms with Gasteiger partial charge in [0.15, 0.2) is 0 Å². The summed E-state index contributed by atoms with van der Waals surface area (Å²) in [5, 5.41) is 0. The third-order valence-electron chi connectivity index (χ3n) is 7.42. The molecule has 2 saturated carbocycles. The van der Waals surface area contributed by atoms with Gasteiger partial charge in [0.2, 0.25) is 0 Å². The fraction of sp³-hybridized carbons (Fsp3) is 0.667. The first kappa shape index (κ1) is 24.0. The summed E-state index contributed by atoms with van der Waals surface area (Å²) in [5.41, 5.74) is 1.48. The highest BCUT2D eigenvalue weighted by atomic mass is 16.5. The lowest BCUT2D eigenvalue weighted by Crippen LogP contribution is -2.12. The van der Waals surface area contributed by atoms with Crippen molar-refractivity contribution in [3.05, 3.63) is 42.0 Å². The Hall–Kier alpha value is -1.68. The van der Waals surface area contributed by atoms with Crippen molar-refractivity contribution < 1.29 is 4.74 Å². The molecule has 0 atom stereocenters. The molecule has 0 radical (unpaired) electrons. The number of ether oxygens (including phenoxy) is 1. The zero-order chi connectivity index (χ0) is 21.7. The molecule has 0 heterocycles. The summed E-state index contributed by atoms with van der Waals surface area (Å²) < 4.78 is 5.86. The van der Waals surface area contributed by atoms with E-state index in [0.29, 0.717) is 11.8 Å². The number of rotatable bonds is 9. The quantitative estimate of drug-likeness (QED) is 0.287.